The fourth-order valence-electron chi connectivity index (χ4n) is 2.53. The van der Waals surface area contributed by atoms with Crippen LogP contribution in [0.25, 0.3) is 11.0 Å². The van der Waals surface area contributed by atoms with E-state index in [-0.39, 0.29) is 0 Å². The fraction of sp³-hybridized carbons (Fsp3) is 0.222. The molecule has 0 amide bonds. The minimum Gasteiger partial charge on any atom is -0.461 e. The van der Waals surface area contributed by atoms with Crippen LogP contribution in [0.5, 0.6) is 0 Å². The molecule has 1 aromatic heterocycles. The Kier molecular flexibility index (Phi) is 3.46. The Morgan fingerprint density at radius 3 is 2.75 bits per heavy atom. The molecule has 1 heterocycles. The van der Waals surface area contributed by atoms with Gasteiger partial charge in [-0.15, -0.1) is 0 Å². The molecule has 0 saturated carbocycles. The quantitative estimate of drug-likeness (QED) is 0.724. The maximum atomic E-state index is 5.79. The van der Waals surface area contributed by atoms with Crippen LogP contribution in [-0.4, -0.2) is 0 Å². The third kappa shape index (κ3) is 2.42. The molecule has 20 heavy (non-hydrogen) atoms. The third-order valence-electron chi connectivity index (χ3n) is 3.70. The average molecular weight is 265 g/mol. The summed E-state index contributed by atoms with van der Waals surface area (Å²) in [6, 6.07) is 16.8. The summed E-state index contributed by atoms with van der Waals surface area (Å²) >= 11 is 0. The van der Waals surface area contributed by atoms with E-state index in [2.05, 4.69) is 48.6 Å². The monoisotopic (exact) mass is 265 g/mol. The highest BCUT2D eigenvalue weighted by atomic mass is 16.3. The predicted molar refractivity (Wildman–Crippen MR) is 84.1 cm³/mol. The average Bonchev–Trinajstić information content (AvgIpc) is 2.81. The van der Waals surface area contributed by atoms with Gasteiger partial charge in [-0.1, -0.05) is 37.3 Å². The molecule has 0 bridgehead atoms. The lowest BCUT2D eigenvalue weighted by molar-refractivity contribution is 0.573. The molecule has 1 N–H and O–H groups in total. The van der Waals surface area contributed by atoms with E-state index in [1.165, 1.54) is 16.5 Å². The highest BCUT2D eigenvalue weighted by Crippen LogP contribution is 2.26. The zero-order valence-electron chi connectivity index (χ0n) is 11.9. The molecule has 0 unspecified atom stereocenters. The zero-order chi connectivity index (χ0) is 13.9. The van der Waals surface area contributed by atoms with Crippen LogP contribution < -0.4 is 5.32 Å². The smallest absolute Gasteiger partial charge is 0.134 e. The minimum absolute atomic E-state index is 0.788. The van der Waals surface area contributed by atoms with Crippen LogP contribution in [-0.2, 0) is 13.0 Å². The van der Waals surface area contributed by atoms with Gasteiger partial charge in [0, 0.05) is 23.2 Å². The molecule has 2 nitrogen and oxygen atoms in total. The molecule has 0 aliphatic carbocycles. The first-order chi connectivity index (χ1) is 9.78. The third-order valence-corrected chi connectivity index (χ3v) is 3.70. The van der Waals surface area contributed by atoms with Crippen molar-refractivity contribution in [3.8, 4) is 0 Å². The van der Waals surface area contributed by atoms with Crippen LogP contribution in [0.2, 0.25) is 0 Å². The Labute approximate surface area is 119 Å². The topological polar surface area (TPSA) is 25.2 Å². The van der Waals surface area contributed by atoms with E-state index in [1.807, 2.05) is 19.1 Å². The summed E-state index contributed by atoms with van der Waals surface area (Å²) in [6.45, 7) is 4.99. The molecule has 0 saturated heterocycles. The maximum Gasteiger partial charge on any atom is 0.134 e. The molecule has 0 spiro atoms. The number of para-hydroxylation sites is 1. The standard InChI is InChI=1S/C18H19NO/c1-3-14-7-6-8-15(11-14)19-12-17-13(2)20-18-10-5-4-9-16(17)18/h4-11,19H,3,12H2,1-2H3. The summed E-state index contributed by atoms with van der Waals surface area (Å²) in [5, 5.41) is 4.69. The zero-order valence-corrected chi connectivity index (χ0v) is 11.9. The van der Waals surface area contributed by atoms with Crippen LogP contribution >= 0.6 is 0 Å². The Hall–Kier alpha value is -2.22. The Bertz CT molecular complexity index is 727. The molecule has 0 aliphatic heterocycles. The second kappa shape index (κ2) is 5.41. The van der Waals surface area contributed by atoms with Gasteiger partial charge in [-0.2, -0.15) is 0 Å². The van der Waals surface area contributed by atoms with Crippen molar-refractivity contribution in [1.29, 1.82) is 0 Å². The van der Waals surface area contributed by atoms with Gasteiger partial charge in [-0.3, -0.25) is 0 Å². The van der Waals surface area contributed by atoms with E-state index in [9.17, 15) is 0 Å². The number of rotatable bonds is 4. The van der Waals surface area contributed by atoms with E-state index < -0.39 is 0 Å². The molecule has 2 heteroatoms. The number of benzene rings is 2. The van der Waals surface area contributed by atoms with Gasteiger partial charge >= 0.3 is 0 Å². The van der Waals surface area contributed by atoms with Crippen LogP contribution in [0.3, 0.4) is 0 Å². The van der Waals surface area contributed by atoms with Gasteiger partial charge in [0.1, 0.15) is 11.3 Å². The van der Waals surface area contributed by atoms with Crippen LogP contribution in [0.15, 0.2) is 52.9 Å². The van der Waals surface area contributed by atoms with E-state index in [0.29, 0.717) is 0 Å². The largest absolute Gasteiger partial charge is 0.461 e. The number of anilines is 1. The van der Waals surface area contributed by atoms with Gasteiger partial charge in [-0.25, -0.2) is 0 Å². The van der Waals surface area contributed by atoms with Crippen molar-refractivity contribution in [1.82, 2.24) is 0 Å². The molecular weight excluding hydrogens is 246 g/mol. The maximum absolute atomic E-state index is 5.79. The van der Waals surface area contributed by atoms with Crippen molar-refractivity contribution < 1.29 is 4.42 Å². The molecular formula is C18H19NO. The lowest BCUT2D eigenvalue weighted by atomic mass is 10.1. The number of aryl methyl sites for hydroxylation is 2. The lowest BCUT2D eigenvalue weighted by Gasteiger charge is -2.07. The number of fused-ring (bicyclic) bond motifs is 1. The Morgan fingerprint density at radius 2 is 1.90 bits per heavy atom. The van der Waals surface area contributed by atoms with Crippen molar-refractivity contribution in [2.45, 2.75) is 26.8 Å². The normalized spacial score (nSPS) is 10.9. The number of hydrogen-bond donors (Lipinski definition) is 1. The van der Waals surface area contributed by atoms with E-state index in [1.54, 1.807) is 0 Å². The highest BCUT2D eigenvalue weighted by molar-refractivity contribution is 5.82. The van der Waals surface area contributed by atoms with E-state index in [4.69, 9.17) is 4.42 Å². The number of nitrogens with one attached hydrogen (secondary N) is 1. The summed E-state index contributed by atoms with van der Waals surface area (Å²) in [5.41, 5.74) is 4.71. The first-order valence-corrected chi connectivity index (χ1v) is 7.07. The Balaban J connectivity index is 1.84. The summed E-state index contributed by atoms with van der Waals surface area (Å²) in [4.78, 5) is 0. The van der Waals surface area contributed by atoms with E-state index in [0.717, 1.165) is 30.0 Å². The van der Waals surface area contributed by atoms with Gasteiger partial charge in [0.25, 0.3) is 0 Å². The fourth-order valence-corrected chi connectivity index (χ4v) is 2.53. The minimum atomic E-state index is 0.788. The molecule has 3 rings (SSSR count). The SMILES string of the molecule is CCc1cccc(NCc2c(C)oc3ccccc23)c1. The van der Waals surface area contributed by atoms with Crippen molar-refractivity contribution in [3.05, 3.63) is 65.4 Å². The van der Waals surface area contributed by atoms with Crippen molar-refractivity contribution in [3.63, 3.8) is 0 Å². The lowest BCUT2D eigenvalue weighted by Crippen LogP contribution is -2.00. The summed E-state index contributed by atoms with van der Waals surface area (Å²) in [7, 11) is 0. The van der Waals surface area contributed by atoms with Gasteiger partial charge in [0.2, 0.25) is 0 Å². The summed E-state index contributed by atoms with van der Waals surface area (Å²) in [5.74, 6) is 0.991. The molecule has 3 aromatic rings. The van der Waals surface area contributed by atoms with Gasteiger partial charge < -0.3 is 9.73 Å². The highest BCUT2D eigenvalue weighted by Gasteiger charge is 2.09. The van der Waals surface area contributed by atoms with Crippen LogP contribution in [0, 0.1) is 6.92 Å². The molecule has 102 valence electrons. The summed E-state index contributed by atoms with van der Waals surface area (Å²) < 4.78 is 5.79. The molecule has 0 fully saturated rings. The number of hydrogen-bond acceptors (Lipinski definition) is 2. The molecule has 0 radical (unpaired) electrons. The Morgan fingerprint density at radius 1 is 1.05 bits per heavy atom. The second-order valence-electron chi connectivity index (χ2n) is 5.04. The van der Waals surface area contributed by atoms with Gasteiger partial charge in [0.05, 0.1) is 0 Å². The molecule has 2 aromatic carbocycles. The van der Waals surface area contributed by atoms with Gasteiger partial charge in [-0.05, 0) is 37.1 Å². The second-order valence-corrected chi connectivity index (χ2v) is 5.04. The first kappa shape index (κ1) is 12.8. The molecule has 0 aliphatic rings. The predicted octanol–water partition coefficient (Wildman–Crippen LogP) is 4.92. The first-order valence-electron chi connectivity index (χ1n) is 7.07. The van der Waals surface area contributed by atoms with E-state index >= 15 is 0 Å². The van der Waals surface area contributed by atoms with Crippen LogP contribution in [0.1, 0.15) is 23.8 Å². The van der Waals surface area contributed by atoms with Crippen molar-refractivity contribution in [2.75, 3.05) is 5.32 Å². The van der Waals surface area contributed by atoms with Crippen LogP contribution in [0.4, 0.5) is 5.69 Å². The summed E-state index contributed by atoms with van der Waals surface area (Å²) in [6.07, 6.45) is 1.06. The van der Waals surface area contributed by atoms with Gasteiger partial charge in [0.15, 0.2) is 0 Å². The van der Waals surface area contributed by atoms with Crippen molar-refractivity contribution >= 4 is 16.7 Å². The van der Waals surface area contributed by atoms with Crippen molar-refractivity contribution in [2.24, 2.45) is 0 Å². The number of furan rings is 1. The molecule has 0 atom stereocenters.